The van der Waals surface area contributed by atoms with E-state index in [0.717, 1.165) is 12.1 Å². The van der Waals surface area contributed by atoms with Gasteiger partial charge < -0.3 is 10.4 Å². The first-order valence-corrected chi connectivity index (χ1v) is 5.33. The summed E-state index contributed by atoms with van der Waals surface area (Å²) in [5, 5.41) is 11.5. The summed E-state index contributed by atoms with van der Waals surface area (Å²) in [6.07, 6.45) is 0. The predicted octanol–water partition coefficient (Wildman–Crippen LogP) is 2.77. The van der Waals surface area contributed by atoms with Crippen LogP contribution in [-0.2, 0) is 0 Å². The number of halogens is 3. The van der Waals surface area contributed by atoms with E-state index in [9.17, 15) is 8.78 Å². The van der Waals surface area contributed by atoms with E-state index in [1.807, 2.05) is 0 Å². The van der Waals surface area contributed by atoms with Crippen LogP contribution in [0.15, 0.2) is 16.6 Å². The first-order chi connectivity index (χ1) is 7.04. The Kier molecular flexibility index (Phi) is 4.47. The molecule has 15 heavy (non-hydrogen) atoms. The summed E-state index contributed by atoms with van der Waals surface area (Å²) in [5.41, 5.74) is 0.107. The molecule has 0 saturated carbocycles. The Hall–Kier alpha value is -0.680. The van der Waals surface area contributed by atoms with Crippen LogP contribution < -0.4 is 5.32 Å². The monoisotopic (exact) mass is 279 g/mol. The molecule has 0 aliphatic carbocycles. The summed E-state index contributed by atoms with van der Waals surface area (Å²) in [7, 11) is 0. The Labute approximate surface area is 95.4 Å². The minimum Gasteiger partial charge on any atom is -0.396 e. The van der Waals surface area contributed by atoms with Crippen molar-refractivity contribution < 1.29 is 13.9 Å². The standard InChI is InChI=1S/C10H12BrF2NO/c1-6(5-15)4-14-10-3-8(12)7(11)2-9(10)13/h2-3,6,14-15H,4-5H2,1H3. The second-order valence-corrected chi connectivity index (χ2v) is 4.27. The topological polar surface area (TPSA) is 32.3 Å². The van der Waals surface area contributed by atoms with E-state index in [-0.39, 0.29) is 22.7 Å². The molecule has 1 atom stereocenters. The average Bonchev–Trinajstić information content (AvgIpc) is 2.21. The molecule has 0 bridgehead atoms. The van der Waals surface area contributed by atoms with Crippen molar-refractivity contribution in [3.63, 3.8) is 0 Å². The molecule has 1 aromatic carbocycles. The highest BCUT2D eigenvalue weighted by atomic mass is 79.9. The Morgan fingerprint density at radius 2 is 2.07 bits per heavy atom. The molecule has 2 nitrogen and oxygen atoms in total. The van der Waals surface area contributed by atoms with Gasteiger partial charge in [0.15, 0.2) is 0 Å². The molecule has 0 aromatic heterocycles. The Morgan fingerprint density at radius 3 is 2.67 bits per heavy atom. The predicted molar refractivity (Wildman–Crippen MR) is 58.8 cm³/mol. The minimum absolute atomic E-state index is 0.00360. The molecular weight excluding hydrogens is 268 g/mol. The quantitative estimate of drug-likeness (QED) is 0.831. The summed E-state index contributed by atoms with van der Waals surface area (Å²) < 4.78 is 26.4. The fourth-order valence-electron chi connectivity index (χ4n) is 1.01. The van der Waals surface area contributed by atoms with Crippen LogP contribution in [0.5, 0.6) is 0 Å². The molecule has 0 aliphatic heterocycles. The second-order valence-electron chi connectivity index (χ2n) is 3.41. The second kappa shape index (κ2) is 5.42. The van der Waals surface area contributed by atoms with Gasteiger partial charge in [0.2, 0.25) is 0 Å². The van der Waals surface area contributed by atoms with Gasteiger partial charge in [0, 0.05) is 19.2 Å². The smallest absolute Gasteiger partial charge is 0.147 e. The molecule has 1 aromatic rings. The zero-order valence-electron chi connectivity index (χ0n) is 8.23. The summed E-state index contributed by atoms with van der Waals surface area (Å²) in [5.74, 6) is -1.04. The number of nitrogens with one attached hydrogen (secondary N) is 1. The van der Waals surface area contributed by atoms with Gasteiger partial charge in [-0.25, -0.2) is 8.78 Å². The van der Waals surface area contributed by atoms with Gasteiger partial charge in [0.25, 0.3) is 0 Å². The average molecular weight is 280 g/mol. The van der Waals surface area contributed by atoms with E-state index in [0.29, 0.717) is 6.54 Å². The fraction of sp³-hybridized carbons (Fsp3) is 0.400. The summed E-state index contributed by atoms with van der Waals surface area (Å²) in [4.78, 5) is 0. The van der Waals surface area contributed by atoms with E-state index in [2.05, 4.69) is 21.2 Å². The normalized spacial score (nSPS) is 12.6. The van der Waals surface area contributed by atoms with Gasteiger partial charge in [-0.15, -0.1) is 0 Å². The van der Waals surface area contributed by atoms with Crippen molar-refractivity contribution in [1.29, 1.82) is 0 Å². The highest BCUT2D eigenvalue weighted by molar-refractivity contribution is 9.10. The molecule has 0 aliphatic rings. The molecule has 0 fully saturated rings. The zero-order chi connectivity index (χ0) is 11.4. The van der Waals surface area contributed by atoms with Crippen LogP contribution in [0.3, 0.4) is 0 Å². The zero-order valence-corrected chi connectivity index (χ0v) is 9.81. The molecule has 2 N–H and O–H groups in total. The number of benzene rings is 1. The summed E-state index contributed by atoms with van der Waals surface area (Å²) in [6, 6.07) is 2.16. The van der Waals surface area contributed by atoms with Crippen molar-refractivity contribution in [3.05, 3.63) is 28.2 Å². The molecular formula is C10H12BrF2NO. The first-order valence-electron chi connectivity index (χ1n) is 4.54. The lowest BCUT2D eigenvalue weighted by atomic mass is 10.2. The lowest BCUT2D eigenvalue weighted by Crippen LogP contribution is -2.15. The van der Waals surface area contributed by atoms with Crippen LogP contribution in [-0.4, -0.2) is 18.3 Å². The SMILES string of the molecule is CC(CO)CNc1cc(F)c(Br)cc1F. The van der Waals surface area contributed by atoms with Crippen LogP contribution >= 0.6 is 15.9 Å². The molecule has 84 valence electrons. The number of aliphatic hydroxyl groups excluding tert-OH is 1. The van der Waals surface area contributed by atoms with Gasteiger partial charge in [-0.3, -0.25) is 0 Å². The number of hydrogen-bond acceptors (Lipinski definition) is 2. The highest BCUT2D eigenvalue weighted by Crippen LogP contribution is 2.23. The third kappa shape index (κ3) is 3.43. The number of anilines is 1. The lowest BCUT2D eigenvalue weighted by molar-refractivity contribution is 0.244. The van der Waals surface area contributed by atoms with Gasteiger partial charge in [0.1, 0.15) is 11.6 Å². The lowest BCUT2D eigenvalue weighted by Gasteiger charge is -2.11. The van der Waals surface area contributed by atoms with Crippen molar-refractivity contribution in [2.75, 3.05) is 18.5 Å². The van der Waals surface area contributed by atoms with E-state index < -0.39 is 11.6 Å². The molecule has 0 amide bonds. The maximum absolute atomic E-state index is 13.3. The third-order valence-corrected chi connectivity index (χ3v) is 2.57. The Balaban J connectivity index is 2.73. The van der Waals surface area contributed by atoms with Crippen LogP contribution in [0, 0.1) is 17.6 Å². The van der Waals surface area contributed by atoms with E-state index in [1.54, 1.807) is 6.92 Å². The molecule has 1 unspecified atom stereocenters. The van der Waals surface area contributed by atoms with Crippen molar-refractivity contribution >= 4 is 21.6 Å². The molecule has 1 rings (SSSR count). The van der Waals surface area contributed by atoms with Gasteiger partial charge in [-0.05, 0) is 27.9 Å². The molecule has 0 radical (unpaired) electrons. The van der Waals surface area contributed by atoms with Crippen molar-refractivity contribution in [2.45, 2.75) is 6.92 Å². The van der Waals surface area contributed by atoms with Crippen LogP contribution in [0.1, 0.15) is 6.92 Å². The Bertz CT molecular complexity index is 346. The van der Waals surface area contributed by atoms with E-state index in [1.165, 1.54) is 0 Å². The van der Waals surface area contributed by atoms with Crippen molar-refractivity contribution in [3.8, 4) is 0 Å². The number of hydrogen-bond donors (Lipinski definition) is 2. The van der Waals surface area contributed by atoms with Crippen molar-refractivity contribution in [1.82, 2.24) is 0 Å². The van der Waals surface area contributed by atoms with Crippen LogP contribution in [0.2, 0.25) is 0 Å². The number of rotatable bonds is 4. The molecule has 0 saturated heterocycles. The van der Waals surface area contributed by atoms with Gasteiger partial charge in [-0.2, -0.15) is 0 Å². The minimum atomic E-state index is -0.520. The largest absolute Gasteiger partial charge is 0.396 e. The maximum Gasteiger partial charge on any atom is 0.147 e. The maximum atomic E-state index is 13.3. The molecule has 0 spiro atoms. The van der Waals surface area contributed by atoms with Crippen molar-refractivity contribution in [2.24, 2.45) is 5.92 Å². The first kappa shape index (κ1) is 12.4. The van der Waals surface area contributed by atoms with Crippen LogP contribution in [0.25, 0.3) is 0 Å². The highest BCUT2D eigenvalue weighted by Gasteiger charge is 2.08. The number of aliphatic hydroxyl groups is 1. The Morgan fingerprint density at radius 1 is 1.40 bits per heavy atom. The third-order valence-electron chi connectivity index (χ3n) is 1.96. The summed E-state index contributed by atoms with van der Waals surface area (Å²) >= 11 is 2.89. The summed E-state index contributed by atoms with van der Waals surface area (Å²) in [6.45, 7) is 2.21. The molecule has 0 heterocycles. The van der Waals surface area contributed by atoms with Gasteiger partial charge in [0.05, 0.1) is 10.2 Å². The van der Waals surface area contributed by atoms with Gasteiger partial charge in [-0.1, -0.05) is 6.92 Å². The van der Waals surface area contributed by atoms with E-state index in [4.69, 9.17) is 5.11 Å². The van der Waals surface area contributed by atoms with Crippen LogP contribution in [0.4, 0.5) is 14.5 Å². The van der Waals surface area contributed by atoms with E-state index >= 15 is 0 Å². The fourth-order valence-corrected chi connectivity index (χ4v) is 1.32. The van der Waals surface area contributed by atoms with Gasteiger partial charge >= 0.3 is 0 Å². The molecule has 5 heteroatoms.